The Morgan fingerprint density at radius 1 is 1.46 bits per heavy atom. The van der Waals surface area contributed by atoms with Gasteiger partial charge < -0.3 is 4.90 Å². The molecule has 76 valence electrons. The van der Waals surface area contributed by atoms with Gasteiger partial charge in [0.1, 0.15) is 0 Å². The van der Waals surface area contributed by atoms with Crippen LogP contribution in [0, 0.1) is 5.92 Å². The Balaban J connectivity index is 2.34. The van der Waals surface area contributed by atoms with E-state index < -0.39 is 5.67 Å². The third-order valence-electron chi connectivity index (χ3n) is 2.52. The van der Waals surface area contributed by atoms with Crippen LogP contribution in [0.5, 0.6) is 0 Å². The molecule has 0 saturated carbocycles. The lowest BCUT2D eigenvalue weighted by Gasteiger charge is -2.34. The maximum atomic E-state index is 13.4. The highest BCUT2D eigenvalue weighted by molar-refractivity contribution is 5.62. The molecule has 1 fully saturated rings. The number of hydrogen-bond donors (Lipinski definition) is 0. The van der Waals surface area contributed by atoms with E-state index in [-0.39, 0.29) is 0 Å². The first-order chi connectivity index (χ1) is 6.06. The van der Waals surface area contributed by atoms with Crippen molar-refractivity contribution in [2.75, 3.05) is 19.6 Å². The van der Waals surface area contributed by atoms with Crippen molar-refractivity contribution in [3.8, 4) is 0 Å². The van der Waals surface area contributed by atoms with Gasteiger partial charge in [-0.15, -0.1) is 0 Å². The molecule has 0 N–H and O–H groups in total. The van der Waals surface area contributed by atoms with Crippen LogP contribution in [0.1, 0.15) is 26.7 Å². The normalized spacial score (nSPS) is 23.4. The van der Waals surface area contributed by atoms with Gasteiger partial charge in [-0.2, -0.15) is 0 Å². The Morgan fingerprint density at radius 2 is 2.00 bits per heavy atom. The summed E-state index contributed by atoms with van der Waals surface area (Å²) in [7, 11) is 0. The molecular weight excluding hydrogens is 169 g/mol. The number of piperidine rings is 1. The molecule has 0 aliphatic carbocycles. The molecule has 13 heavy (non-hydrogen) atoms. The average molecular weight is 187 g/mol. The van der Waals surface area contributed by atoms with Crippen molar-refractivity contribution in [1.82, 2.24) is 4.90 Å². The highest BCUT2D eigenvalue weighted by Crippen LogP contribution is 2.24. The second kappa shape index (κ2) is 4.18. The fourth-order valence-electron chi connectivity index (χ4n) is 1.74. The summed E-state index contributed by atoms with van der Waals surface area (Å²) < 4.78 is 13.4. The zero-order chi connectivity index (χ0) is 9.90. The van der Waals surface area contributed by atoms with Crippen molar-refractivity contribution in [2.45, 2.75) is 32.4 Å². The van der Waals surface area contributed by atoms with Crippen LogP contribution >= 0.6 is 0 Å². The topological polar surface area (TPSA) is 20.3 Å². The van der Waals surface area contributed by atoms with Crippen molar-refractivity contribution < 1.29 is 9.18 Å². The zero-order valence-corrected chi connectivity index (χ0v) is 8.42. The van der Waals surface area contributed by atoms with Crippen LogP contribution in [-0.4, -0.2) is 36.5 Å². The first-order valence-corrected chi connectivity index (χ1v) is 4.93. The maximum absolute atomic E-state index is 13.4. The third kappa shape index (κ3) is 3.07. The summed E-state index contributed by atoms with van der Waals surface area (Å²) in [6.07, 6.45) is 1.20. The number of halogens is 1. The van der Waals surface area contributed by atoms with Crippen LogP contribution in [-0.2, 0) is 4.79 Å². The third-order valence-corrected chi connectivity index (χ3v) is 2.52. The summed E-state index contributed by atoms with van der Waals surface area (Å²) in [4.78, 5) is 12.6. The number of hydrogen-bond acceptors (Lipinski definition) is 2. The molecular formula is C10H18FNO. The molecule has 1 saturated heterocycles. The molecule has 0 aromatic rings. The minimum atomic E-state index is -1.53. The SMILES string of the molecule is CC(C)CN1CCC(F)(C=O)CC1. The molecule has 0 amide bonds. The second-order valence-electron chi connectivity index (χ2n) is 4.35. The van der Waals surface area contributed by atoms with Gasteiger partial charge in [-0.25, -0.2) is 4.39 Å². The molecule has 0 atom stereocenters. The lowest BCUT2D eigenvalue weighted by atomic mass is 9.94. The molecule has 3 heteroatoms. The lowest BCUT2D eigenvalue weighted by molar-refractivity contribution is -0.120. The number of carbonyl (C=O) groups excluding carboxylic acids is 1. The van der Waals surface area contributed by atoms with E-state index in [2.05, 4.69) is 18.7 Å². The van der Waals surface area contributed by atoms with Gasteiger partial charge >= 0.3 is 0 Å². The van der Waals surface area contributed by atoms with Gasteiger partial charge in [0, 0.05) is 32.5 Å². The molecule has 0 radical (unpaired) electrons. The number of rotatable bonds is 3. The van der Waals surface area contributed by atoms with E-state index in [1.165, 1.54) is 0 Å². The first kappa shape index (κ1) is 10.6. The quantitative estimate of drug-likeness (QED) is 0.626. The minimum absolute atomic E-state index is 0.364. The monoisotopic (exact) mass is 187 g/mol. The van der Waals surface area contributed by atoms with Crippen LogP contribution in [0.3, 0.4) is 0 Å². The van der Waals surface area contributed by atoms with Gasteiger partial charge in [0.05, 0.1) is 0 Å². The molecule has 1 heterocycles. The van der Waals surface area contributed by atoms with E-state index in [0.29, 0.717) is 38.1 Å². The maximum Gasteiger partial charge on any atom is 0.168 e. The predicted molar refractivity (Wildman–Crippen MR) is 50.4 cm³/mol. The van der Waals surface area contributed by atoms with Crippen LogP contribution in [0.25, 0.3) is 0 Å². The lowest BCUT2D eigenvalue weighted by Crippen LogP contribution is -2.43. The molecule has 0 unspecified atom stereocenters. The molecule has 2 nitrogen and oxygen atoms in total. The first-order valence-electron chi connectivity index (χ1n) is 4.93. The molecule has 0 aromatic carbocycles. The number of carbonyl (C=O) groups is 1. The van der Waals surface area contributed by atoms with E-state index in [9.17, 15) is 9.18 Å². The van der Waals surface area contributed by atoms with Crippen LogP contribution in [0.15, 0.2) is 0 Å². The van der Waals surface area contributed by atoms with E-state index in [1.54, 1.807) is 0 Å². The Kier molecular flexibility index (Phi) is 3.42. The summed E-state index contributed by atoms with van der Waals surface area (Å²) in [5.74, 6) is 0.614. The van der Waals surface area contributed by atoms with Gasteiger partial charge in [0.2, 0.25) is 0 Å². The van der Waals surface area contributed by atoms with Crippen molar-refractivity contribution >= 4 is 6.29 Å². The molecule has 0 aromatic heterocycles. The molecule has 1 aliphatic heterocycles. The van der Waals surface area contributed by atoms with Gasteiger partial charge in [0.15, 0.2) is 12.0 Å². The van der Waals surface area contributed by atoms with Gasteiger partial charge in [-0.1, -0.05) is 13.8 Å². The summed E-state index contributed by atoms with van der Waals surface area (Å²) >= 11 is 0. The van der Waals surface area contributed by atoms with Crippen molar-refractivity contribution in [2.24, 2.45) is 5.92 Å². The smallest absolute Gasteiger partial charge is 0.168 e. The van der Waals surface area contributed by atoms with Crippen LogP contribution in [0.2, 0.25) is 0 Å². The number of likely N-dealkylation sites (tertiary alicyclic amines) is 1. The minimum Gasteiger partial charge on any atom is -0.303 e. The standard InChI is InChI=1S/C10H18FNO/c1-9(2)7-12-5-3-10(11,8-13)4-6-12/h8-9H,3-7H2,1-2H3. The van der Waals surface area contributed by atoms with Crippen LogP contribution < -0.4 is 0 Å². The van der Waals surface area contributed by atoms with Crippen molar-refractivity contribution in [3.63, 3.8) is 0 Å². The Bertz CT molecular complexity index is 174. The average Bonchev–Trinajstić information content (AvgIpc) is 2.09. The predicted octanol–water partition coefficient (Wildman–Crippen LogP) is 1.65. The highest BCUT2D eigenvalue weighted by Gasteiger charge is 2.33. The summed E-state index contributed by atoms with van der Waals surface area (Å²) in [5.41, 5.74) is -1.53. The number of alkyl halides is 1. The number of aldehydes is 1. The Labute approximate surface area is 79.1 Å². The second-order valence-corrected chi connectivity index (χ2v) is 4.35. The summed E-state index contributed by atoms with van der Waals surface area (Å²) in [6, 6.07) is 0. The largest absolute Gasteiger partial charge is 0.303 e. The Hall–Kier alpha value is -0.440. The molecule has 1 rings (SSSR count). The summed E-state index contributed by atoms with van der Waals surface area (Å²) in [6.45, 7) is 6.74. The van der Waals surface area contributed by atoms with Gasteiger partial charge in [-0.3, -0.25) is 4.79 Å². The fraction of sp³-hybridized carbons (Fsp3) is 0.900. The number of nitrogens with zero attached hydrogens (tertiary/aromatic N) is 1. The fourth-order valence-corrected chi connectivity index (χ4v) is 1.74. The van der Waals surface area contributed by atoms with Gasteiger partial charge in [-0.05, 0) is 5.92 Å². The molecule has 0 spiro atoms. The molecule has 1 aliphatic rings. The van der Waals surface area contributed by atoms with Crippen molar-refractivity contribution in [3.05, 3.63) is 0 Å². The summed E-state index contributed by atoms with van der Waals surface area (Å²) in [5, 5.41) is 0. The van der Waals surface area contributed by atoms with E-state index in [1.807, 2.05) is 0 Å². The van der Waals surface area contributed by atoms with E-state index in [0.717, 1.165) is 6.54 Å². The van der Waals surface area contributed by atoms with E-state index in [4.69, 9.17) is 0 Å². The van der Waals surface area contributed by atoms with Crippen molar-refractivity contribution in [1.29, 1.82) is 0 Å². The van der Waals surface area contributed by atoms with E-state index >= 15 is 0 Å². The Morgan fingerprint density at radius 3 is 2.38 bits per heavy atom. The molecule has 0 bridgehead atoms. The zero-order valence-electron chi connectivity index (χ0n) is 8.42. The van der Waals surface area contributed by atoms with Gasteiger partial charge in [0.25, 0.3) is 0 Å². The highest BCUT2D eigenvalue weighted by atomic mass is 19.1. The van der Waals surface area contributed by atoms with Crippen LogP contribution in [0.4, 0.5) is 4.39 Å².